The number of carbonyl (C=O) groups is 1. The fourth-order valence-electron chi connectivity index (χ4n) is 2.51. The van der Waals surface area contributed by atoms with Gasteiger partial charge in [-0.15, -0.1) is 0 Å². The Morgan fingerprint density at radius 2 is 1.52 bits per heavy atom. The lowest BCUT2D eigenvalue weighted by Crippen LogP contribution is -2.07. The number of carbonyl (C=O) groups excluding carboxylic acids is 1. The van der Waals surface area contributed by atoms with Crippen LogP contribution in [0.4, 0.5) is 5.69 Å². The molecule has 0 saturated heterocycles. The van der Waals surface area contributed by atoms with E-state index < -0.39 is 0 Å². The number of anilines is 1. The van der Waals surface area contributed by atoms with E-state index in [1.807, 2.05) is 0 Å². The lowest BCUT2D eigenvalue weighted by Gasteiger charge is -2.08. The highest BCUT2D eigenvalue weighted by Gasteiger charge is 2.08. The van der Waals surface area contributed by atoms with Gasteiger partial charge in [0.15, 0.2) is 0 Å². The van der Waals surface area contributed by atoms with Gasteiger partial charge in [-0.3, -0.25) is 4.79 Å². The summed E-state index contributed by atoms with van der Waals surface area (Å²) in [6.07, 6.45) is 2.96. The van der Waals surface area contributed by atoms with Gasteiger partial charge in [0.2, 0.25) is 5.91 Å². The fourth-order valence-corrected chi connectivity index (χ4v) is 3.23. The highest BCUT2D eigenvalue weighted by Crippen LogP contribution is 2.33. The molecule has 4 nitrogen and oxygen atoms in total. The topological polar surface area (TPSA) is 47.6 Å². The van der Waals surface area contributed by atoms with E-state index in [4.69, 9.17) is 44.3 Å². The maximum Gasteiger partial charge on any atom is 0.248 e. The number of nitrogens with one attached hydrogen (secondary N) is 1. The summed E-state index contributed by atoms with van der Waals surface area (Å²) in [4.78, 5) is 12.2. The molecule has 0 unspecified atom stereocenters. The first-order valence-electron chi connectivity index (χ1n) is 8.50. The van der Waals surface area contributed by atoms with Gasteiger partial charge in [0.1, 0.15) is 17.2 Å². The van der Waals surface area contributed by atoms with E-state index in [1.165, 1.54) is 13.2 Å². The van der Waals surface area contributed by atoms with Crippen molar-refractivity contribution in [2.24, 2.45) is 0 Å². The smallest absolute Gasteiger partial charge is 0.248 e. The van der Waals surface area contributed by atoms with Crippen LogP contribution in [0.1, 0.15) is 5.56 Å². The van der Waals surface area contributed by atoms with Crippen molar-refractivity contribution in [1.82, 2.24) is 0 Å². The van der Waals surface area contributed by atoms with Crippen molar-refractivity contribution in [3.05, 3.63) is 87.4 Å². The SMILES string of the molecule is COc1c(Cl)cc(Cl)cc1C=CC(=O)Nc1ccc(Oc2ccc(Cl)cc2)cc1. The second-order valence-corrected chi connectivity index (χ2v) is 7.19. The Bertz CT molecular complexity index is 1030. The molecule has 0 fully saturated rings. The molecule has 0 bridgehead atoms. The van der Waals surface area contributed by atoms with Crippen LogP contribution in [0.2, 0.25) is 15.1 Å². The van der Waals surface area contributed by atoms with Gasteiger partial charge in [0.25, 0.3) is 0 Å². The van der Waals surface area contributed by atoms with E-state index in [2.05, 4.69) is 5.32 Å². The summed E-state index contributed by atoms with van der Waals surface area (Å²) in [6, 6.07) is 17.3. The van der Waals surface area contributed by atoms with Gasteiger partial charge in [-0.25, -0.2) is 0 Å². The Balaban J connectivity index is 1.64. The largest absolute Gasteiger partial charge is 0.495 e. The third kappa shape index (κ3) is 5.91. The summed E-state index contributed by atoms with van der Waals surface area (Å²) in [5, 5.41) is 4.23. The molecule has 0 heterocycles. The maximum atomic E-state index is 12.2. The van der Waals surface area contributed by atoms with Crippen LogP contribution in [-0.4, -0.2) is 13.0 Å². The zero-order valence-electron chi connectivity index (χ0n) is 15.3. The average molecular weight is 449 g/mol. The molecule has 1 N–H and O–H groups in total. The van der Waals surface area contributed by atoms with Crippen LogP contribution in [-0.2, 0) is 4.79 Å². The molecular weight excluding hydrogens is 433 g/mol. The van der Waals surface area contributed by atoms with Crippen molar-refractivity contribution in [3.63, 3.8) is 0 Å². The molecular formula is C22H16Cl3NO3. The normalized spacial score (nSPS) is 10.8. The van der Waals surface area contributed by atoms with E-state index in [-0.39, 0.29) is 5.91 Å². The van der Waals surface area contributed by atoms with Crippen molar-refractivity contribution in [2.75, 3.05) is 12.4 Å². The van der Waals surface area contributed by atoms with E-state index in [9.17, 15) is 4.79 Å². The highest BCUT2D eigenvalue weighted by molar-refractivity contribution is 6.36. The first-order valence-corrected chi connectivity index (χ1v) is 9.63. The predicted octanol–water partition coefficient (Wildman–Crippen LogP) is 7.10. The summed E-state index contributed by atoms with van der Waals surface area (Å²) >= 11 is 18.0. The number of hydrogen-bond acceptors (Lipinski definition) is 3. The van der Waals surface area contributed by atoms with Crippen LogP contribution < -0.4 is 14.8 Å². The molecule has 0 spiro atoms. The first-order chi connectivity index (χ1) is 13.9. The highest BCUT2D eigenvalue weighted by atomic mass is 35.5. The van der Waals surface area contributed by atoms with E-state index in [1.54, 1.807) is 66.7 Å². The molecule has 0 atom stereocenters. The Labute approximate surface area is 183 Å². The van der Waals surface area contributed by atoms with Gasteiger partial charge in [-0.05, 0) is 66.7 Å². The standard InChI is InChI=1S/C22H16Cl3NO3/c1-28-22-14(12-16(24)13-20(22)25)2-11-21(27)26-17-5-9-19(10-6-17)29-18-7-3-15(23)4-8-18/h2-13H,1H3,(H,26,27). The van der Waals surface area contributed by atoms with Crippen molar-refractivity contribution in [2.45, 2.75) is 0 Å². The number of rotatable bonds is 6. The van der Waals surface area contributed by atoms with Crippen LogP contribution in [0.15, 0.2) is 66.7 Å². The fraction of sp³-hybridized carbons (Fsp3) is 0.0455. The zero-order valence-corrected chi connectivity index (χ0v) is 17.6. The van der Waals surface area contributed by atoms with Crippen LogP contribution in [0.25, 0.3) is 6.08 Å². The molecule has 3 aromatic carbocycles. The molecule has 0 saturated carbocycles. The molecule has 0 radical (unpaired) electrons. The lowest BCUT2D eigenvalue weighted by molar-refractivity contribution is -0.111. The lowest BCUT2D eigenvalue weighted by atomic mass is 10.2. The summed E-state index contributed by atoms with van der Waals surface area (Å²) in [5.41, 5.74) is 1.23. The van der Waals surface area contributed by atoms with Gasteiger partial charge in [-0.1, -0.05) is 34.8 Å². The minimum Gasteiger partial charge on any atom is -0.495 e. The number of hydrogen-bond donors (Lipinski definition) is 1. The van der Waals surface area contributed by atoms with Crippen LogP contribution in [0, 0.1) is 0 Å². The Kier molecular flexibility index (Phi) is 7.04. The summed E-state index contributed by atoms with van der Waals surface area (Å²) in [5.74, 6) is 1.45. The van der Waals surface area contributed by atoms with Crippen LogP contribution in [0.3, 0.4) is 0 Å². The predicted molar refractivity (Wildman–Crippen MR) is 119 cm³/mol. The Hall–Kier alpha value is -2.66. The zero-order chi connectivity index (χ0) is 20.8. The monoisotopic (exact) mass is 447 g/mol. The van der Waals surface area contributed by atoms with Crippen molar-refractivity contribution in [3.8, 4) is 17.2 Å². The molecule has 0 aliphatic heterocycles. The molecule has 3 aromatic rings. The minimum atomic E-state index is -0.311. The number of methoxy groups -OCH3 is 1. The molecule has 1 amide bonds. The van der Waals surface area contributed by atoms with E-state index in [0.717, 1.165) is 0 Å². The number of halogens is 3. The molecule has 0 aliphatic rings. The van der Waals surface area contributed by atoms with Gasteiger partial charge >= 0.3 is 0 Å². The first kappa shape index (κ1) is 21.1. The average Bonchev–Trinajstić information content (AvgIpc) is 2.69. The molecule has 3 rings (SSSR count). The third-order valence-electron chi connectivity index (χ3n) is 3.83. The van der Waals surface area contributed by atoms with Crippen molar-refractivity contribution in [1.29, 1.82) is 0 Å². The molecule has 0 aliphatic carbocycles. The second kappa shape index (κ2) is 9.70. The molecule has 7 heteroatoms. The summed E-state index contributed by atoms with van der Waals surface area (Å²) in [7, 11) is 1.50. The summed E-state index contributed by atoms with van der Waals surface area (Å²) < 4.78 is 11.0. The maximum absolute atomic E-state index is 12.2. The van der Waals surface area contributed by atoms with Crippen molar-refractivity contribution < 1.29 is 14.3 Å². The molecule has 148 valence electrons. The number of amides is 1. The van der Waals surface area contributed by atoms with Gasteiger partial charge < -0.3 is 14.8 Å². The number of benzene rings is 3. The van der Waals surface area contributed by atoms with Crippen molar-refractivity contribution >= 4 is 52.5 Å². The van der Waals surface area contributed by atoms with Gasteiger partial charge in [0.05, 0.1) is 12.1 Å². The molecule has 29 heavy (non-hydrogen) atoms. The Morgan fingerprint density at radius 3 is 2.14 bits per heavy atom. The van der Waals surface area contributed by atoms with E-state index in [0.29, 0.717) is 43.6 Å². The van der Waals surface area contributed by atoms with Gasteiger partial charge in [-0.2, -0.15) is 0 Å². The van der Waals surface area contributed by atoms with Crippen LogP contribution in [0.5, 0.6) is 17.2 Å². The summed E-state index contributed by atoms with van der Waals surface area (Å²) in [6.45, 7) is 0. The number of ether oxygens (including phenoxy) is 2. The van der Waals surface area contributed by atoms with Gasteiger partial charge in [0, 0.05) is 27.4 Å². The quantitative estimate of drug-likeness (QED) is 0.409. The third-order valence-corrected chi connectivity index (χ3v) is 4.58. The van der Waals surface area contributed by atoms with Crippen LogP contribution >= 0.6 is 34.8 Å². The molecule has 0 aromatic heterocycles. The van der Waals surface area contributed by atoms with E-state index >= 15 is 0 Å². The Morgan fingerprint density at radius 1 is 0.897 bits per heavy atom. The minimum absolute atomic E-state index is 0.311. The second-order valence-electron chi connectivity index (χ2n) is 5.91.